The molecule has 0 bridgehead atoms. The lowest BCUT2D eigenvalue weighted by atomic mass is 10.2. The number of hydrogen-bond acceptors (Lipinski definition) is 4. The van der Waals surface area contributed by atoms with Crippen LogP contribution in [0.4, 0.5) is 4.79 Å². The van der Waals surface area contributed by atoms with Crippen LogP contribution in [0, 0.1) is 0 Å². The van der Waals surface area contributed by atoms with Gasteiger partial charge in [0.15, 0.2) is 0 Å². The van der Waals surface area contributed by atoms with Gasteiger partial charge in [-0.1, -0.05) is 11.6 Å². The second kappa shape index (κ2) is 6.74. The summed E-state index contributed by atoms with van der Waals surface area (Å²) in [4.78, 5) is 31.8. The maximum absolute atomic E-state index is 12.5. The summed E-state index contributed by atoms with van der Waals surface area (Å²) in [6.07, 6.45) is 1.90. The number of rotatable bonds is 2. The zero-order valence-electron chi connectivity index (χ0n) is 13.9. The minimum atomic E-state index is -0.528. The van der Waals surface area contributed by atoms with Crippen LogP contribution in [-0.4, -0.2) is 58.6 Å². The molecule has 1 unspecified atom stereocenters. The highest BCUT2D eigenvalue weighted by Gasteiger charge is 2.33. The molecule has 0 aliphatic carbocycles. The van der Waals surface area contributed by atoms with Gasteiger partial charge in [0.25, 0.3) is 5.91 Å². The van der Waals surface area contributed by atoms with E-state index in [1.807, 2.05) is 20.8 Å². The van der Waals surface area contributed by atoms with E-state index in [4.69, 9.17) is 16.3 Å². The van der Waals surface area contributed by atoms with E-state index in [0.717, 1.165) is 0 Å². The Labute approximate surface area is 141 Å². The second-order valence-electron chi connectivity index (χ2n) is 6.63. The fourth-order valence-corrected chi connectivity index (χ4v) is 2.65. The molecule has 1 fully saturated rings. The average Bonchev–Trinajstić information content (AvgIpc) is 2.94. The number of nitrogens with zero attached hydrogens (tertiary/aromatic N) is 3. The smallest absolute Gasteiger partial charge is 0.410 e. The molecule has 1 aliphatic rings. The van der Waals surface area contributed by atoms with E-state index in [0.29, 0.717) is 25.1 Å². The average molecular weight is 340 g/mol. The third-order valence-electron chi connectivity index (χ3n) is 3.67. The number of carbonyl (C=O) groups excluding carboxylic acids is 2. The van der Waals surface area contributed by atoms with Crippen LogP contribution in [0.2, 0.25) is 5.15 Å². The molecule has 7 heteroatoms. The van der Waals surface area contributed by atoms with Crippen LogP contribution >= 0.6 is 11.6 Å². The Bertz CT molecular complexity index is 600. The summed E-state index contributed by atoms with van der Waals surface area (Å²) in [5.74, 6) is -0.195. The first-order valence-electron chi connectivity index (χ1n) is 7.54. The number of halogens is 1. The number of carbonyl (C=O) groups is 2. The third-order valence-corrected chi connectivity index (χ3v) is 3.97. The molecule has 6 nitrogen and oxygen atoms in total. The maximum Gasteiger partial charge on any atom is 0.410 e. The summed E-state index contributed by atoms with van der Waals surface area (Å²) in [6, 6.07) is 3.26. The molecule has 0 spiro atoms. The first kappa shape index (κ1) is 17.5. The molecule has 1 aromatic heterocycles. The van der Waals surface area contributed by atoms with Crippen LogP contribution in [0.25, 0.3) is 0 Å². The van der Waals surface area contributed by atoms with Gasteiger partial charge in [-0.3, -0.25) is 4.79 Å². The van der Waals surface area contributed by atoms with E-state index in [2.05, 4.69) is 4.98 Å². The largest absolute Gasteiger partial charge is 0.444 e. The quantitative estimate of drug-likeness (QED) is 0.777. The minimum Gasteiger partial charge on any atom is -0.444 e. The van der Waals surface area contributed by atoms with E-state index in [1.165, 1.54) is 0 Å². The normalized spacial score (nSPS) is 18.0. The molecule has 0 aromatic carbocycles. The van der Waals surface area contributed by atoms with E-state index < -0.39 is 5.60 Å². The van der Waals surface area contributed by atoms with Crippen LogP contribution in [0.5, 0.6) is 0 Å². The Morgan fingerprint density at radius 3 is 2.74 bits per heavy atom. The molecule has 2 heterocycles. The zero-order valence-corrected chi connectivity index (χ0v) is 14.6. The molecule has 0 radical (unpaired) electrons. The maximum atomic E-state index is 12.5. The fourth-order valence-electron chi connectivity index (χ4n) is 2.45. The van der Waals surface area contributed by atoms with E-state index >= 15 is 0 Å². The summed E-state index contributed by atoms with van der Waals surface area (Å²) in [6.45, 7) is 6.52. The molecule has 2 rings (SSSR count). The van der Waals surface area contributed by atoms with Gasteiger partial charge in [-0.2, -0.15) is 0 Å². The summed E-state index contributed by atoms with van der Waals surface area (Å²) in [5, 5.41) is 0.186. The van der Waals surface area contributed by atoms with Crippen molar-refractivity contribution in [2.24, 2.45) is 0 Å². The Hall–Kier alpha value is -1.82. The standard InChI is InChI=1S/C16H22ClN3O3/c1-16(2,3)23-15(22)20-9-7-11(10-20)19(4)14(21)12-6-5-8-18-13(12)17/h5-6,8,11H,7,9-10H2,1-4H3. The van der Waals surface area contributed by atoms with E-state index in [-0.39, 0.29) is 23.2 Å². The number of likely N-dealkylation sites (tertiary alicyclic amines) is 1. The van der Waals surface area contributed by atoms with Crippen molar-refractivity contribution in [3.8, 4) is 0 Å². The molecular formula is C16H22ClN3O3. The SMILES string of the molecule is CN(C(=O)c1cccnc1Cl)C1CCN(C(=O)OC(C)(C)C)C1. The summed E-state index contributed by atoms with van der Waals surface area (Å²) < 4.78 is 5.37. The Balaban J connectivity index is 2.00. The third kappa shape index (κ3) is 4.34. The van der Waals surface area contributed by atoms with Crippen molar-refractivity contribution in [1.82, 2.24) is 14.8 Å². The minimum absolute atomic E-state index is 0.0636. The first-order chi connectivity index (χ1) is 10.7. The van der Waals surface area contributed by atoms with Crippen molar-refractivity contribution >= 4 is 23.6 Å². The molecule has 126 valence electrons. The van der Waals surface area contributed by atoms with Gasteiger partial charge < -0.3 is 14.5 Å². The fraction of sp³-hybridized carbons (Fsp3) is 0.562. The van der Waals surface area contributed by atoms with Crippen LogP contribution in [-0.2, 0) is 4.74 Å². The number of likely N-dealkylation sites (N-methyl/N-ethyl adjacent to an activating group) is 1. The number of pyridine rings is 1. The molecule has 1 aromatic rings. The van der Waals surface area contributed by atoms with E-state index in [9.17, 15) is 9.59 Å². The molecule has 0 saturated carbocycles. The second-order valence-corrected chi connectivity index (χ2v) is 6.98. The molecule has 0 N–H and O–H groups in total. The first-order valence-corrected chi connectivity index (χ1v) is 7.92. The van der Waals surface area contributed by atoms with Crippen molar-refractivity contribution in [3.05, 3.63) is 29.0 Å². The molecule has 23 heavy (non-hydrogen) atoms. The number of ether oxygens (including phenoxy) is 1. The van der Waals surface area contributed by atoms with Crippen molar-refractivity contribution in [3.63, 3.8) is 0 Å². The molecular weight excluding hydrogens is 318 g/mol. The van der Waals surface area contributed by atoms with Crippen molar-refractivity contribution in [2.75, 3.05) is 20.1 Å². The Kier molecular flexibility index (Phi) is 5.14. The van der Waals surface area contributed by atoms with Gasteiger partial charge in [0.05, 0.1) is 11.6 Å². The highest BCUT2D eigenvalue weighted by molar-refractivity contribution is 6.32. The predicted molar refractivity (Wildman–Crippen MR) is 87.6 cm³/mol. The van der Waals surface area contributed by atoms with Gasteiger partial charge in [-0.15, -0.1) is 0 Å². The molecule has 1 saturated heterocycles. The van der Waals surface area contributed by atoms with Gasteiger partial charge in [-0.25, -0.2) is 9.78 Å². The van der Waals surface area contributed by atoms with Crippen LogP contribution in [0.3, 0.4) is 0 Å². The van der Waals surface area contributed by atoms with Gasteiger partial charge in [-0.05, 0) is 39.3 Å². The number of amides is 2. The number of aromatic nitrogens is 1. The Morgan fingerprint density at radius 2 is 2.13 bits per heavy atom. The highest BCUT2D eigenvalue weighted by atomic mass is 35.5. The van der Waals surface area contributed by atoms with Gasteiger partial charge >= 0.3 is 6.09 Å². The van der Waals surface area contributed by atoms with Crippen LogP contribution in [0.15, 0.2) is 18.3 Å². The van der Waals surface area contributed by atoms with E-state index in [1.54, 1.807) is 35.2 Å². The molecule has 2 amide bonds. The lowest BCUT2D eigenvalue weighted by Crippen LogP contribution is -2.41. The molecule has 1 aliphatic heterocycles. The summed E-state index contributed by atoms with van der Waals surface area (Å²) >= 11 is 5.98. The van der Waals surface area contributed by atoms with Gasteiger partial charge in [0.1, 0.15) is 10.8 Å². The summed E-state index contributed by atoms with van der Waals surface area (Å²) in [7, 11) is 1.72. The lowest BCUT2D eigenvalue weighted by molar-refractivity contribution is 0.0279. The zero-order chi connectivity index (χ0) is 17.2. The van der Waals surface area contributed by atoms with Crippen molar-refractivity contribution in [1.29, 1.82) is 0 Å². The van der Waals surface area contributed by atoms with Gasteiger partial charge in [0.2, 0.25) is 0 Å². The number of hydrogen-bond donors (Lipinski definition) is 0. The monoisotopic (exact) mass is 339 g/mol. The lowest BCUT2D eigenvalue weighted by Gasteiger charge is -2.27. The highest BCUT2D eigenvalue weighted by Crippen LogP contribution is 2.21. The molecule has 1 atom stereocenters. The Morgan fingerprint density at radius 1 is 1.43 bits per heavy atom. The van der Waals surface area contributed by atoms with Crippen molar-refractivity contribution < 1.29 is 14.3 Å². The van der Waals surface area contributed by atoms with Gasteiger partial charge in [0, 0.05) is 26.3 Å². The predicted octanol–water partition coefficient (Wildman–Crippen LogP) is 2.82. The topological polar surface area (TPSA) is 62.7 Å². The van der Waals surface area contributed by atoms with Crippen molar-refractivity contribution in [2.45, 2.75) is 38.8 Å². The van der Waals surface area contributed by atoms with Crippen LogP contribution < -0.4 is 0 Å². The van der Waals surface area contributed by atoms with Crippen LogP contribution in [0.1, 0.15) is 37.6 Å². The summed E-state index contributed by atoms with van der Waals surface area (Å²) in [5.41, 5.74) is -0.160.